The molecule has 0 bridgehead atoms. The number of nitrogens with two attached hydrogens (primary N) is 1. The van der Waals surface area contributed by atoms with E-state index >= 15 is 0 Å². The Bertz CT molecular complexity index is 386. The summed E-state index contributed by atoms with van der Waals surface area (Å²) in [7, 11) is 0. The first-order valence-electron chi connectivity index (χ1n) is 6.75. The lowest BCUT2D eigenvalue weighted by molar-refractivity contribution is -0.136. The second-order valence-electron chi connectivity index (χ2n) is 4.61. The van der Waals surface area contributed by atoms with E-state index in [0.717, 1.165) is 30.6 Å². The van der Waals surface area contributed by atoms with Crippen LogP contribution in [0.1, 0.15) is 39.2 Å². The maximum atomic E-state index is 12.3. The fraction of sp³-hybridized carbons (Fsp3) is 0.533. The van der Waals surface area contributed by atoms with E-state index in [4.69, 9.17) is 5.73 Å². The van der Waals surface area contributed by atoms with Crippen LogP contribution < -0.4 is 5.73 Å². The molecular formula is C15H24N2O. The van der Waals surface area contributed by atoms with Crippen LogP contribution in [-0.4, -0.2) is 17.4 Å². The van der Waals surface area contributed by atoms with Gasteiger partial charge in [0, 0.05) is 24.7 Å². The molecule has 0 aliphatic rings. The van der Waals surface area contributed by atoms with Crippen LogP contribution in [0.3, 0.4) is 0 Å². The van der Waals surface area contributed by atoms with Crippen molar-refractivity contribution in [2.24, 2.45) is 5.92 Å². The van der Waals surface area contributed by atoms with Crippen LogP contribution in [-0.2, 0) is 11.3 Å². The normalized spacial score (nSPS) is 10.7. The third-order valence-electron chi connectivity index (χ3n) is 3.35. The minimum absolute atomic E-state index is 0.144. The van der Waals surface area contributed by atoms with E-state index in [0.29, 0.717) is 6.54 Å². The Morgan fingerprint density at radius 2 is 1.94 bits per heavy atom. The molecule has 0 atom stereocenters. The van der Waals surface area contributed by atoms with Crippen LogP contribution in [0.25, 0.3) is 0 Å². The molecule has 100 valence electrons. The van der Waals surface area contributed by atoms with Gasteiger partial charge in [0.05, 0.1) is 0 Å². The number of carbonyl (C=O) groups excluding carboxylic acids is 1. The zero-order valence-corrected chi connectivity index (χ0v) is 11.6. The van der Waals surface area contributed by atoms with Crippen LogP contribution in [0.15, 0.2) is 24.3 Å². The van der Waals surface area contributed by atoms with Crippen LogP contribution in [0.5, 0.6) is 0 Å². The Labute approximate surface area is 110 Å². The van der Waals surface area contributed by atoms with E-state index in [1.807, 2.05) is 36.1 Å². The lowest BCUT2D eigenvalue weighted by Crippen LogP contribution is -2.35. The Morgan fingerprint density at radius 3 is 2.44 bits per heavy atom. The summed E-state index contributed by atoms with van der Waals surface area (Å²) in [5.74, 6) is 0.399. The lowest BCUT2D eigenvalue weighted by atomic mass is 10.0. The summed E-state index contributed by atoms with van der Waals surface area (Å²) in [6, 6.07) is 7.74. The fourth-order valence-electron chi connectivity index (χ4n) is 2.15. The van der Waals surface area contributed by atoms with Gasteiger partial charge in [0.15, 0.2) is 0 Å². The number of amides is 1. The highest BCUT2D eigenvalue weighted by atomic mass is 16.2. The molecule has 1 aromatic carbocycles. The standard InChI is InChI=1S/C15H24N2O/c1-4-13(5-2)15(18)17(6-3)11-12-8-7-9-14(16)10-12/h7-10,13H,4-6,11,16H2,1-3H3. The molecule has 0 radical (unpaired) electrons. The average molecular weight is 248 g/mol. The molecule has 0 heterocycles. The zero-order valence-electron chi connectivity index (χ0n) is 11.6. The van der Waals surface area contributed by atoms with Gasteiger partial charge in [-0.05, 0) is 37.5 Å². The van der Waals surface area contributed by atoms with Crippen LogP contribution >= 0.6 is 0 Å². The monoisotopic (exact) mass is 248 g/mol. The number of hydrogen-bond acceptors (Lipinski definition) is 2. The van der Waals surface area contributed by atoms with E-state index in [-0.39, 0.29) is 11.8 Å². The van der Waals surface area contributed by atoms with Gasteiger partial charge in [0.25, 0.3) is 0 Å². The maximum Gasteiger partial charge on any atom is 0.225 e. The largest absolute Gasteiger partial charge is 0.399 e. The molecule has 1 amide bonds. The molecule has 0 spiro atoms. The van der Waals surface area contributed by atoms with Gasteiger partial charge in [0.2, 0.25) is 5.91 Å². The van der Waals surface area contributed by atoms with Crippen molar-refractivity contribution in [3.05, 3.63) is 29.8 Å². The smallest absolute Gasteiger partial charge is 0.225 e. The fourth-order valence-corrected chi connectivity index (χ4v) is 2.15. The van der Waals surface area contributed by atoms with E-state index < -0.39 is 0 Å². The van der Waals surface area contributed by atoms with E-state index in [1.165, 1.54) is 0 Å². The van der Waals surface area contributed by atoms with Crippen molar-refractivity contribution in [2.75, 3.05) is 12.3 Å². The van der Waals surface area contributed by atoms with Gasteiger partial charge in [-0.1, -0.05) is 26.0 Å². The molecule has 0 fully saturated rings. The summed E-state index contributed by atoms with van der Waals surface area (Å²) in [5, 5.41) is 0. The molecule has 0 saturated carbocycles. The molecule has 2 N–H and O–H groups in total. The first kappa shape index (κ1) is 14.6. The summed E-state index contributed by atoms with van der Waals surface area (Å²) in [6.07, 6.45) is 1.81. The molecule has 1 aromatic rings. The minimum atomic E-state index is 0.144. The van der Waals surface area contributed by atoms with Crippen molar-refractivity contribution >= 4 is 11.6 Å². The van der Waals surface area contributed by atoms with Crippen molar-refractivity contribution in [3.8, 4) is 0 Å². The molecule has 3 heteroatoms. The van der Waals surface area contributed by atoms with Gasteiger partial charge in [-0.2, -0.15) is 0 Å². The Balaban J connectivity index is 2.75. The molecule has 18 heavy (non-hydrogen) atoms. The second-order valence-corrected chi connectivity index (χ2v) is 4.61. The third kappa shape index (κ3) is 3.76. The summed E-state index contributed by atoms with van der Waals surface area (Å²) >= 11 is 0. The van der Waals surface area contributed by atoms with Gasteiger partial charge in [-0.3, -0.25) is 4.79 Å². The highest BCUT2D eigenvalue weighted by molar-refractivity contribution is 5.78. The predicted molar refractivity (Wildman–Crippen MR) is 76.0 cm³/mol. The Hall–Kier alpha value is -1.51. The predicted octanol–water partition coefficient (Wildman–Crippen LogP) is 3.05. The van der Waals surface area contributed by atoms with Gasteiger partial charge >= 0.3 is 0 Å². The highest BCUT2D eigenvalue weighted by Crippen LogP contribution is 2.15. The second kappa shape index (κ2) is 7.04. The van der Waals surface area contributed by atoms with Gasteiger partial charge in [0.1, 0.15) is 0 Å². The minimum Gasteiger partial charge on any atom is -0.399 e. The van der Waals surface area contributed by atoms with Crippen LogP contribution in [0.2, 0.25) is 0 Å². The number of carbonyl (C=O) groups is 1. The third-order valence-corrected chi connectivity index (χ3v) is 3.35. The number of nitrogens with zero attached hydrogens (tertiary/aromatic N) is 1. The molecule has 3 nitrogen and oxygen atoms in total. The zero-order chi connectivity index (χ0) is 13.5. The van der Waals surface area contributed by atoms with Crippen molar-refractivity contribution < 1.29 is 4.79 Å². The van der Waals surface area contributed by atoms with E-state index in [9.17, 15) is 4.79 Å². The van der Waals surface area contributed by atoms with Gasteiger partial charge < -0.3 is 10.6 Å². The number of benzene rings is 1. The molecule has 0 aromatic heterocycles. The molecule has 0 aliphatic heterocycles. The molecule has 0 saturated heterocycles. The number of rotatable bonds is 6. The summed E-state index contributed by atoms with van der Waals surface area (Å²) < 4.78 is 0. The number of nitrogen functional groups attached to an aromatic ring is 1. The van der Waals surface area contributed by atoms with E-state index in [2.05, 4.69) is 13.8 Å². The quantitative estimate of drug-likeness (QED) is 0.786. The Morgan fingerprint density at radius 1 is 1.28 bits per heavy atom. The molecular weight excluding hydrogens is 224 g/mol. The highest BCUT2D eigenvalue weighted by Gasteiger charge is 2.20. The summed E-state index contributed by atoms with van der Waals surface area (Å²) in [6.45, 7) is 7.55. The summed E-state index contributed by atoms with van der Waals surface area (Å²) in [4.78, 5) is 14.2. The van der Waals surface area contributed by atoms with E-state index in [1.54, 1.807) is 0 Å². The first-order valence-corrected chi connectivity index (χ1v) is 6.75. The van der Waals surface area contributed by atoms with Crippen LogP contribution in [0.4, 0.5) is 5.69 Å². The molecule has 0 unspecified atom stereocenters. The Kier molecular flexibility index (Phi) is 5.69. The maximum absolute atomic E-state index is 12.3. The molecule has 1 rings (SSSR count). The van der Waals surface area contributed by atoms with Gasteiger partial charge in [-0.25, -0.2) is 0 Å². The summed E-state index contributed by atoms with van der Waals surface area (Å²) in [5.41, 5.74) is 7.60. The number of anilines is 1. The van der Waals surface area contributed by atoms with Crippen LogP contribution in [0, 0.1) is 5.92 Å². The number of hydrogen-bond donors (Lipinski definition) is 1. The lowest BCUT2D eigenvalue weighted by Gasteiger charge is -2.25. The average Bonchev–Trinajstić information content (AvgIpc) is 2.37. The van der Waals surface area contributed by atoms with Crippen molar-refractivity contribution in [1.82, 2.24) is 4.90 Å². The van der Waals surface area contributed by atoms with Gasteiger partial charge in [-0.15, -0.1) is 0 Å². The van der Waals surface area contributed by atoms with Crippen molar-refractivity contribution in [2.45, 2.75) is 40.2 Å². The molecule has 0 aliphatic carbocycles. The SMILES string of the molecule is CCC(CC)C(=O)N(CC)Cc1cccc(N)c1. The first-order chi connectivity index (χ1) is 8.62. The topological polar surface area (TPSA) is 46.3 Å². The van der Waals surface area contributed by atoms with Crippen molar-refractivity contribution in [1.29, 1.82) is 0 Å². The van der Waals surface area contributed by atoms with Crippen molar-refractivity contribution in [3.63, 3.8) is 0 Å².